The van der Waals surface area contributed by atoms with Crippen molar-refractivity contribution in [2.24, 2.45) is 0 Å². The minimum atomic E-state index is -0.978. The van der Waals surface area contributed by atoms with Crippen LogP contribution in [0.25, 0.3) is 10.4 Å². The standard InChI is InChI=1S/C12H10BrNO2S/c1-6-9(14)11(12(15)16)17-10(6)7-4-2-3-5-8(7)13/h2-5H,14H2,1H3,(H,15,16). The number of carbonyl (C=O) groups is 1. The van der Waals surface area contributed by atoms with E-state index in [-0.39, 0.29) is 4.88 Å². The number of hydrogen-bond donors (Lipinski definition) is 2. The molecule has 0 saturated heterocycles. The van der Waals surface area contributed by atoms with Crippen LogP contribution in [0.2, 0.25) is 0 Å². The van der Waals surface area contributed by atoms with Gasteiger partial charge in [0, 0.05) is 14.9 Å². The van der Waals surface area contributed by atoms with Gasteiger partial charge >= 0.3 is 5.97 Å². The highest BCUT2D eigenvalue weighted by Crippen LogP contribution is 2.40. The smallest absolute Gasteiger partial charge is 0.348 e. The van der Waals surface area contributed by atoms with Gasteiger partial charge in [-0.25, -0.2) is 4.79 Å². The Morgan fingerprint density at radius 1 is 1.41 bits per heavy atom. The average molecular weight is 312 g/mol. The molecule has 0 amide bonds. The summed E-state index contributed by atoms with van der Waals surface area (Å²) in [6, 6.07) is 7.69. The van der Waals surface area contributed by atoms with Crippen molar-refractivity contribution in [3.8, 4) is 10.4 Å². The number of anilines is 1. The highest BCUT2D eigenvalue weighted by atomic mass is 79.9. The van der Waals surface area contributed by atoms with Crippen LogP contribution in [0.3, 0.4) is 0 Å². The van der Waals surface area contributed by atoms with Crippen LogP contribution in [0.5, 0.6) is 0 Å². The maximum Gasteiger partial charge on any atom is 0.348 e. The maximum absolute atomic E-state index is 11.0. The molecule has 88 valence electrons. The molecule has 3 nitrogen and oxygen atoms in total. The van der Waals surface area contributed by atoms with Crippen LogP contribution >= 0.6 is 27.3 Å². The molecule has 0 spiro atoms. The number of nitrogens with two attached hydrogens (primary N) is 1. The number of aromatic carboxylic acids is 1. The summed E-state index contributed by atoms with van der Waals surface area (Å²) in [4.78, 5) is 12.1. The number of thiophene rings is 1. The Morgan fingerprint density at radius 3 is 2.59 bits per heavy atom. The molecule has 0 fully saturated rings. The molecule has 1 aromatic carbocycles. The van der Waals surface area contributed by atoms with Gasteiger partial charge in [0.15, 0.2) is 0 Å². The van der Waals surface area contributed by atoms with Crippen LogP contribution in [-0.4, -0.2) is 11.1 Å². The first kappa shape index (κ1) is 12.1. The normalized spacial score (nSPS) is 10.5. The van der Waals surface area contributed by atoms with Crippen LogP contribution in [-0.2, 0) is 0 Å². The third kappa shape index (κ3) is 2.08. The summed E-state index contributed by atoms with van der Waals surface area (Å²) in [7, 11) is 0. The molecule has 0 bridgehead atoms. The van der Waals surface area contributed by atoms with Crippen LogP contribution in [0, 0.1) is 6.92 Å². The van der Waals surface area contributed by atoms with Gasteiger partial charge in [-0.2, -0.15) is 0 Å². The van der Waals surface area contributed by atoms with Crippen molar-refractivity contribution in [2.45, 2.75) is 6.92 Å². The summed E-state index contributed by atoms with van der Waals surface area (Å²) in [6.45, 7) is 1.84. The fourth-order valence-corrected chi connectivity index (χ4v) is 3.31. The Balaban J connectivity index is 2.66. The highest BCUT2D eigenvalue weighted by Gasteiger charge is 2.19. The number of carboxylic acid groups (broad SMARTS) is 1. The molecule has 2 rings (SSSR count). The fraction of sp³-hybridized carbons (Fsp3) is 0.0833. The fourth-order valence-electron chi connectivity index (χ4n) is 1.59. The van der Waals surface area contributed by atoms with Crippen molar-refractivity contribution < 1.29 is 9.90 Å². The summed E-state index contributed by atoms with van der Waals surface area (Å²) < 4.78 is 0.932. The van der Waals surface area contributed by atoms with E-state index in [0.717, 1.165) is 20.5 Å². The van der Waals surface area contributed by atoms with Gasteiger partial charge in [0.25, 0.3) is 0 Å². The zero-order valence-corrected chi connectivity index (χ0v) is 11.4. The second-order valence-electron chi connectivity index (χ2n) is 3.58. The SMILES string of the molecule is Cc1c(-c2ccccc2Br)sc(C(=O)O)c1N. The Labute approximate surface area is 111 Å². The lowest BCUT2D eigenvalue weighted by Gasteiger charge is -2.02. The Hall–Kier alpha value is -1.33. The molecule has 0 aliphatic carbocycles. The lowest BCUT2D eigenvalue weighted by Crippen LogP contribution is -1.97. The summed E-state index contributed by atoms with van der Waals surface area (Å²) >= 11 is 4.66. The molecule has 0 aliphatic heterocycles. The Bertz CT molecular complexity index is 592. The second kappa shape index (κ2) is 4.50. The van der Waals surface area contributed by atoms with Gasteiger partial charge in [-0.05, 0) is 18.6 Å². The number of benzene rings is 1. The minimum Gasteiger partial charge on any atom is -0.477 e. The lowest BCUT2D eigenvalue weighted by molar-refractivity contribution is 0.0703. The minimum absolute atomic E-state index is 0.202. The Morgan fingerprint density at radius 2 is 2.06 bits per heavy atom. The van der Waals surface area contributed by atoms with E-state index in [1.807, 2.05) is 31.2 Å². The predicted octanol–water partition coefficient (Wildman–Crippen LogP) is 3.77. The van der Waals surface area contributed by atoms with Crippen molar-refractivity contribution in [2.75, 3.05) is 5.73 Å². The first-order valence-corrected chi connectivity index (χ1v) is 6.50. The van der Waals surface area contributed by atoms with E-state index in [1.165, 1.54) is 11.3 Å². The molecule has 0 radical (unpaired) electrons. The van der Waals surface area contributed by atoms with E-state index in [0.29, 0.717) is 5.69 Å². The van der Waals surface area contributed by atoms with Gasteiger partial charge in [-0.15, -0.1) is 11.3 Å². The molecule has 1 heterocycles. The van der Waals surface area contributed by atoms with E-state index in [9.17, 15) is 4.79 Å². The second-order valence-corrected chi connectivity index (χ2v) is 5.46. The van der Waals surface area contributed by atoms with Gasteiger partial charge in [-0.3, -0.25) is 0 Å². The molecular formula is C12H10BrNO2S. The van der Waals surface area contributed by atoms with Crippen LogP contribution in [0.4, 0.5) is 5.69 Å². The van der Waals surface area contributed by atoms with Crippen molar-refractivity contribution in [3.05, 3.63) is 39.2 Å². The molecule has 17 heavy (non-hydrogen) atoms. The van der Waals surface area contributed by atoms with Gasteiger partial charge in [0.2, 0.25) is 0 Å². The first-order chi connectivity index (χ1) is 8.02. The maximum atomic E-state index is 11.0. The summed E-state index contributed by atoms with van der Waals surface area (Å²) in [5.41, 5.74) is 7.95. The highest BCUT2D eigenvalue weighted by molar-refractivity contribution is 9.10. The van der Waals surface area contributed by atoms with Crippen molar-refractivity contribution >= 4 is 38.9 Å². The van der Waals surface area contributed by atoms with Crippen LogP contribution in [0.15, 0.2) is 28.7 Å². The molecule has 1 aromatic heterocycles. The van der Waals surface area contributed by atoms with Crippen molar-refractivity contribution in [1.82, 2.24) is 0 Å². The van der Waals surface area contributed by atoms with E-state index in [4.69, 9.17) is 10.8 Å². The molecule has 5 heteroatoms. The number of rotatable bonds is 2. The first-order valence-electron chi connectivity index (χ1n) is 4.89. The third-order valence-electron chi connectivity index (χ3n) is 2.51. The van der Waals surface area contributed by atoms with Gasteiger partial charge in [0.1, 0.15) is 4.88 Å². The van der Waals surface area contributed by atoms with Crippen LogP contribution in [0.1, 0.15) is 15.2 Å². The zero-order chi connectivity index (χ0) is 12.6. The van der Waals surface area contributed by atoms with Gasteiger partial charge in [0.05, 0.1) is 5.69 Å². The van der Waals surface area contributed by atoms with E-state index >= 15 is 0 Å². The number of halogens is 1. The zero-order valence-electron chi connectivity index (χ0n) is 9.03. The van der Waals surface area contributed by atoms with E-state index in [1.54, 1.807) is 0 Å². The molecule has 0 saturated carbocycles. The monoisotopic (exact) mass is 311 g/mol. The topological polar surface area (TPSA) is 63.3 Å². The van der Waals surface area contributed by atoms with Crippen molar-refractivity contribution in [3.63, 3.8) is 0 Å². The van der Waals surface area contributed by atoms with Gasteiger partial charge < -0.3 is 10.8 Å². The molecule has 2 aromatic rings. The summed E-state index contributed by atoms with van der Waals surface area (Å²) in [5, 5.41) is 9.04. The molecule has 3 N–H and O–H groups in total. The number of nitrogen functional groups attached to an aromatic ring is 1. The Kier molecular flexibility index (Phi) is 3.22. The molecular weight excluding hydrogens is 302 g/mol. The number of hydrogen-bond acceptors (Lipinski definition) is 3. The van der Waals surface area contributed by atoms with Gasteiger partial charge in [-0.1, -0.05) is 34.1 Å². The molecule has 0 aliphatic rings. The van der Waals surface area contributed by atoms with Crippen LogP contribution < -0.4 is 5.73 Å². The molecule has 0 unspecified atom stereocenters. The summed E-state index contributed by atoms with van der Waals surface area (Å²) in [6.07, 6.45) is 0. The van der Waals surface area contributed by atoms with E-state index < -0.39 is 5.97 Å². The quantitative estimate of drug-likeness (QED) is 0.887. The molecule has 0 atom stereocenters. The van der Waals surface area contributed by atoms with Crippen molar-refractivity contribution in [1.29, 1.82) is 0 Å². The average Bonchev–Trinajstić information content (AvgIpc) is 2.57. The third-order valence-corrected chi connectivity index (χ3v) is 4.53. The van der Waals surface area contributed by atoms with E-state index in [2.05, 4.69) is 15.9 Å². The lowest BCUT2D eigenvalue weighted by atomic mass is 10.1. The summed E-state index contributed by atoms with van der Waals surface area (Å²) in [5.74, 6) is -0.978. The predicted molar refractivity (Wildman–Crippen MR) is 73.6 cm³/mol. The number of carboxylic acids is 1. The largest absolute Gasteiger partial charge is 0.477 e.